The molecule has 2 N–H and O–H groups in total. The van der Waals surface area contributed by atoms with Crippen LogP contribution in [-0.4, -0.2) is 97.6 Å². The Balaban J connectivity index is 1.07. The van der Waals surface area contributed by atoms with Crippen LogP contribution in [-0.2, 0) is 27.3 Å². The second-order valence-corrected chi connectivity index (χ2v) is 14.6. The smallest absolute Gasteiger partial charge is 0.245 e. The van der Waals surface area contributed by atoms with Crippen molar-refractivity contribution < 1.29 is 14.3 Å². The predicted molar refractivity (Wildman–Crippen MR) is 192 cm³/mol. The summed E-state index contributed by atoms with van der Waals surface area (Å²) in [6.45, 7) is 8.63. The fourth-order valence-electron chi connectivity index (χ4n) is 8.00. The number of amides is 2. The Morgan fingerprint density at radius 1 is 0.958 bits per heavy atom. The Bertz CT molecular complexity index is 1350. The quantitative estimate of drug-likeness (QED) is 0.279. The van der Waals surface area contributed by atoms with Crippen LogP contribution in [0.2, 0.25) is 5.02 Å². The Morgan fingerprint density at radius 2 is 1.71 bits per heavy atom. The van der Waals surface area contributed by atoms with Crippen molar-refractivity contribution in [2.75, 3.05) is 59.0 Å². The monoisotopic (exact) mass is 675 g/mol. The van der Waals surface area contributed by atoms with E-state index in [1.165, 1.54) is 49.7 Å². The van der Waals surface area contributed by atoms with Crippen molar-refractivity contribution in [3.63, 3.8) is 0 Å². The van der Waals surface area contributed by atoms with Gasteiger partial charge in [-0.3, -0.25) is 19.4 Å². The Kier molecular flexibility index (Phi) is 13.0. The lowest BCUT2D eigenvalue weighted by Crippen LogP contribution is -2.57. The lowest BCUT2D eigenvalue weighted by molar-refractivity contribution is -0.138. The maximum Gasteiger partial charge on any atom is 0.245 e. The maximum atomic E-state index is 14.1. The van der Waals surface area contributed by atoms with Crippen LogP contribution in [0.5, 0.6) is 0 Å². The average molecular weight is 676 g/mol. The van der Waals surface area contributed by atoms with E-state index in [0.29, 0.717) is 37.0 Å². The first-order valence-corrected chi connectivity index (χ1v) is 18.7. The molecule has 48 heavy (non-hydrogen) atoms. The van der Waals surface area contributed by atoms with E-state index in [-0.39, 0.29) is 17.9 Å². The number of ether oxygens (including phenoxy) is 1. The molecule has 0 aromatic heterocycles. The van der Waals surface area contributed by atoms with Crippen molar-refractivity contribution in [3.8, 4) is 0 Å². The fourth-order valence-corrected chi connectivity index (χ4v) is 8.12. The Morgan fingerprint density at radius 3 is 2.48 bits per heavy atom. The van der Waals surface area contributed by atoms with Crippen LogP contribution in [0.3, 0.4) is 0 Å². The normalized spacial score (nSPS) is 22.4. The first kappa shape index (κ1) is 35.1. The van der Waals surface area contributed by atoms with E-state index in [1.807, 2.05) is 41.3 Å². The van der Waals surface area contributed by atoms with Gasteiger partial charge in [-0.1, -0.05) is 92.3 Å². The number of piperazine rings is 1. The van der Waals surface area contributed by atoms with Gasteiger partial charge in [0.25, 0.3) is 0 Å². The van der Waals surface area contributed by atoms with Crippen LogP contribution in [0.15, 0.2) is 60.7 Å². The predicted octanol–water partition coefficient (Wildman–Crippen LogP) is 5.36. The Labute approximate surface area is 292 Å². The zero-order chi connectivity index (χ0) is 33.1. The van der Waals surface area contributed by atoms with Gasteiger partial charge >= 0.3 is 0 Å². The molecule has 4 aliphatic rings. The number of carbonyl (C=O) groups excluding carboxylic acids is 2. The zero-order valence-electron chi connectivity index (χ0n) is 28.5. The average Bonchev–Trinajstić information content (AvgIpc) is 3.53. The summed E-state index contributed by atoms with van der Waals surface area (Å²) < 4.78 is 5.52. The van der Waals surface area contributed by atoms with Crippen molar-refractivity contribution in [2.45, 2.75) is 82.5 Å². The molecule has 260 valence electrons. The molecule has 1 aliphatic carbocycles. The summed E-state index contributed by atoms with van der Waals surface area (Å²) in [6, 6.07) is 15.6. The van der Waals surface area contributed by atoms with E-state index >= 15 is 0 Å². The molecule has 0 radical (unpaired) electrons. The van der Waals surface area contributed by atoms with Crippen LogP contribution >= 0.6 is 11.6 Å². The molecule has 3 atom stereocenters. The lowest BCUT2D eigenvalue weighted by atomic mass is 9.84. The molecule has 3 heterocycles. The summed E-state index contributed by atoms with van der Waals surface area (Å²) >= 11 is 6.16. The van der Waals surface area contributed by atoms with Crippen molar-refractivity contribution in [2.24, 2.45) is 5.92 Å². The van der Waals surface area contributed by atoms with Gasteiger partial charge in [0, 0.05) is 82.3 Å². The molecule has 2 aromatic rings. The highest BCUT2D eigenvalue weighted by Gasteiger charge is 2.32. The molecule has 0 bridgehead atoms. The number of carbonyl (C=O) groups is 2. The van der Waals surface area contributed by atoms with Crippen molar-refractivity contribution in [1.82, 2.24) is 25.3 Å². The topological polar surface area (TPSA) is 77.2 Å². The molecule has 3 fully saturated rings. The second-order valence-electron chi connectivity index (χ2n) is 14.1. The molecule has 9 heteroatoms. The van der Waals surface area contributed by atoms with Gasteiger partial charge in [0.05, 0.1) is 13.2 Å². The van der Waals surface area contributed by atoms with E-state index in [1.54, 1.807) is 0 Å². The standard InChI is InChI=1S/C39H54ClN5O3/c40-33-15-13-31(14-16-33)27-37(42-38(46)28-36-35-12-5-4-10-32(35)29-41-36)39(47)45-20-18-44(19-21-45)34(26-30-8-2-1-3-9-30)11-6-7-17-43-22-24-48-25-23-43/h4-6,10-16,30,34,36-37,41H,1-3,7-9,17-29H2,(H,42,46)/b11-6+/t34?,36?,37-/m1/s1. The number of rotatable bonds is 13. The molecule has 8 nitrogen and oxygen atoms in total. The van der Waals surface area contributed by atoms with E-state index in [0.717, 1.165) is 70.4 Å². The number of nitrogens with zero attached hydrogens (tertiary/aromatic N) is 3. The molecule has 2 saturated heterocycles. The lowest BCUT2D eigenvalue weighted by Gasteiger charge is -2.41. The van der Waals surface area contributed by atoms with Gasteiger partial charge in [0.2, 0.25) is 11.8 Å². The minimum Gasteiger partial charge on any atom is -0.379 e. The summed E-state index contributed by atoms with van der Waals surface area (Å²) in [5, 5.41) is 7.27. The summed E-state index contributed by atoms with van der Waals surface area (Å²) in [4.78, 5) is 34.6. The number of halogens is 1. The summed E-state index contributed by atoms with van der Waals surface area (Å²) in [5.74, 6) is 0.681. The number of nitrogens with one attached hydrogen (secondary N) is 2. The third-order valence-corrected chi connectivity index (χ3v) is 11.1. The van der Waals surface area contributed by atoms with Gasteiger partial charge in [-0.25, -0.2) is 0 Å². The summed E-state index contributed by atoms with van der Waals surface area (Å²) in [7, 11) is 0. The molecule has 0 spiro atoms. The van der Waals surface area contributed by atoms with Crippen molar-refractivity contribution in [3.05, 3.63) is 82.4 Å². The van der Waals surface area contributed by atoms with Gasteiger partial charge in [-0.05, 0) is 47.6 Å². The largest absolute Gasteiger partial charge is 0.379 e. The number of morpholine rings is 1. The van der Waals surface area contributed by atoms with Crippen molar-refractivity contribution >= 4 is 23.4 Å². The van der Waals surface area contributed by atoms with Crippen LogP contribution in [0, 0.1) is 5.92 Å². The highest BCUT2D eigenvalue weighted by Crippen LogP contribution is 2.30. The van der Waals surface area contributed by atoms with Crippen LogP contribution in [0.25, 0.3) is 0 Å². The molecular weight excluding hydrogens is 622 g/mol. The van der Waals surface area contributed by atoms with E-state index in [2.05, 4.69) is 44.7 Å². The second kappa shape index (κ2) is 17.8. The molecule has 1 saturated carbocycles. The minimum atomic E-state index is -0.625. The highest BCUT2D eigenvalue weighted by molar-refractivity contribution is 6.30. The number of hydrogen-bond donors (Lipinski definition) is 2. The molecule has 2 aromatic carbocycles. The molecule has 2 unspecified atom stereocenters. The molecule has 3 aliphatic heterocycles. The minimum absolute atomic E-state index is 0.00242. The molecule has 6 rings (SSSR count). The summed E-state index contributed by atoms with van der Waals surface area (Å²) in [6.07, 6.45) is 14.6. The van der Waals surface area contributed by atoms with E-state index in [4.69, 9.17) is 16.3 Å². The molecular formula is C39H54ClN5O3. The van der Waals surface area contributed by atoms with E-state index in [9.17, 15) is 9.59 Å². The zero-order valence-corrected chi connectivity index (χ0v) is 29.2. The van der Waals surface area contributed by atoms with Gasteiger partial charge in [0.15, 0.2) is 0 Å². The number of benzene rings is 2. The first-order valence-electron chi connectivity index (χ1n) is 18.4. The first-order chi connectivity index (χ1) is 23.5. The summed E-state index contributed by atoms with van der Waals surface area (Å²) in [5.41, 5.74) is 3.38. The van der Waals surface area contributed by atoms with Gasteiger partial charge in [-0.2, -0.15) is 0 Å². The van der Waals surface area contributed by atoms with Gasteiger partial charge in [-0.15, -0.1) is 0 Å². The Hall–Kier alpha value is -2.75. The SMILES string of the molecule is O=C(CC1NCc2ccccc21)N[C@H](Cc1ccc(Cl)cc1)C(=O)N1CCN(C(/C=C/CCN2CCOCC2)CC2CCCCC2)CC1. The molecule has 2 amide bonds. The van der Waals surface area contributed by atoms with Crippen molar-refractivity contribution in [1.29, 1.82) is 0 Å². The van der Waals surface area contributed by atoms with Gasteiger partial charge in [0.1, 0.15) is 6.04 Å². The highest BCUT2D eigenvalue weighted by atomic mass is 35.5. The number of fused-ring (bicyclic) bond motifs is 1. The van der Waals surface area contributed by atoms with Crippen LogP contribution in [0.1, 0.15) is 74.1 Å². The van der Waals surface area contributed by atoms with Gasteiger partial charge < -0.3 is 20.3 Å². The van der Waals surface area contributed by atoms with Crippen LogP contribution < -0.4 is 10.6 Å². The third-order valence-electron chi connectivity index (χ3n) is 10.8. The number of hydrogen-bond acceptors (Lipinski definition) is 6. The van der Waals surface area contributed by atoms with Crippen LogP contribution in [0.4, 0.5) is 0 Å². The fraction of sp³-hybridized carbons (Fsp3) is 0.590. The maximum absolute atomic E-state index is 14.1. The van der Waals surface area contributed by atoms with E-state index < -0.39 is 6.04 Å². The third kappa shape index (κ3) is 9.91.